The first-order valence-electron chi connectivity index (χ1n) is 11.0. The molecule has 0 spiro atoms. The van der Waals surface area contributed by atoms with Crippen LogP contribution in [-0.4, -0.2) is 53.9 Å². The molecule has 1 heterocycles. The molecule has 1 aliphatic carbocycles. The molecule has 0 aliphatic heterocycles. The molecule has 0 unspecified atom stereocenters. The third kappa shape index (κ3) is 7.33. The Labute approximate surface area is 196 Å². The lowest BCUT2D eigenvalue weighted by atomic mass is 10.0. The summed E-state index contributed by atoms with van der Waals surface area (Å²) in [4.78, 5) is 44.2. The van der Waals surface area contributed by atoms with Gasteiger partial charge in [-0.25, -0.2) is 9.37 Å². The molecule has 0 radical (unpaired) electrons. The second-order valence-corrected chi connectivity index (χ2v) is 8.80. The number of anilines is 1. The first kappa shape index (κ1) is 24.8. The highest BCUT2D eigenvalue weighted by atomic mass is 32.1. The smallest absolute Gasteiger partial charge is 0.247 e. The Balaban J connectivity index is 1.76. The first-order chi connectivity index (χ1) is 16.0. The highest BCUT2D eigenvalue weighted by Gasteiger charge is 2.33. The quantitative estimate of drug-likeness (QED) is 0.518. The summed E-state index contributed by atoms with van der Waals surface area (Å²) in [5.41, 5.74) is 0.503. The number of nitrogens with one attached hydrogen (secondary N) is 2. The average molecular weight is 477 g/mol. The number of nitrogens with zero attached hydrogens (tertiary/aromatic N) is 2. The van der Waals surface area contributed by atoms with E-state index in [1.54, 1.807) is 11.6 Å². The molecule has 1 atom stereocenters. The van der Waals surface area contributed by atoms with E-state index < -0.39 is 11.9 Å². The van der Waals surface area contributed by atoms with Crippen molar-refractivity contribution in [1.82, 2.24) is 15.2 Å². The molecule has 1 aromatic carbocycles. The number of halogens is 1. The molecule has 178 valence electrons. The number of hydrogen-bond donors (Lipinski definition) is 2. The Bertz CT molecular complexity index is 917. The van der Waals surface area contributed by atoms with Crippen LogP contribution in [0.15, 0.2) is 35.8 Å². The Morgan fingerprint density at radius 2 is 1.94 bits per heavy atom. The number of aromatic nitrogens is 1. The Kier molecular flexibility index (Phi) is 9.32. The highest BCUT2D eigenvalue weighted by molar-refractivity contribution is 7.13. The molecule has 33 heavy (non-hydrogen) atoms. The van der Waals surface area contributed by atoms with E-state index in [0.29, 0.717) is 10.7 Å². The summed E-state index contributed by atoms with van der Waals surface area (Å²) >= 11 is 1.29. The molecular weight excluding hydrogens is 447 g/mol. The lowest BCUT2D eigenvalue weighted by Crippen LogP contribution is -2.47. The fraction of sp³-hybridized carbons (Fsp3) is 0.478. The number of carbonyl (C=O) groups is 3. The van der Waals surface area contributed by atoms with Crippen molar-refractivity contribution in [2.24, 2.45) is 0 Å². The van der Waals surface area contributed by atoms with Gasteiger partial charge in [0.25, 0.3) is 0 Å². The van der Waals surface area contributed by atoms with Crippen LogP contribution in [-0.2, 0) is 19.1 Å². The van der Waals surface area contributed by atoms with Gasteiger partial charge in [0.05, 0.1) is 6.61 Å². The third-order valence-electron chi connectivity index (χ3n) is 5.55. The summed E-state index contributed by atoms with van der Waals surface area (Å²) in [6.45, 7) is 0.370. The number of methoxy groups -OCH3 is 1. The fourth-order valence-electron chi connectivity index (χ4n) is 3.89. The summed E-state index contributed by atoms with van der Waals surface area (Å²) in [5, 5.41) is 7.90. The molecule has 8 nitrogen and oxygen atoms in total. The summed E-state index contributed by atoms with van der Waals surface area (Å²) < 4.78 is 18.7. The van der Waals surface area contributed by atoms with Crippen molar-refractivity contribution in [1.29, 1.82) is 0 Å². The molecule has 2 N–H and O–H groups in total. The summed E-state index contributed by atoms with van der Waals surface area (Å²) in [6, 6.07) is 4.67. The van der Waals surface area contributed by atoms with E-state index in [9.17, 15) is 18.8 Å². The largest absolute Gasteiger partial charge is 0.383 e. The van der Waals surface area contributed by atoms with Gasteiger partial charge in [-0.3, -0.25) is 14.4 Å². The van der Waals surface area contributed by atoms with Gasteiger partial charge in [-0.1, -0.05) is 25.0 Å². The Morgan fingerprint density at radius 3 is 2.58 bits per heavy atom. The van der Waals surface area contributed by atoms with Crippen LogP contribution in [0, 0.1) is 5.82 Å². The molecule has 1 aliphatic rings. The van der Waals surface area contributed by atoms with E-state index in [1.807, 2.05) is 0 Å². The lowest BCUT2D eigenvalue weighted by molar-refractivity contribution is -0.142. The minimum absolute atomic E-state index is 0.0533. The van der Waals surface area contributed by atoms with Crippen LogP contribution >= 0.6 is 11.3 Å². The molecule has 1 saturated carbocycles. The molecule has 2 aromatic rings. The van der Waals surface area contributed by atoms with Crippen molar-refractivity contribution in [2.75, 3.05) is 25.6 Å². The minimum atomic E-state index is -0.948. The van der Waals surface area contributed by atoms with Crippen LogP contribution in [0.3, 0.4) is 0 Å². The van der Waals surface area contributed by atoms with Crippen LogP contribution in [0.2, 0.25) is 0 Å². The fourth-order valence-corrected chi connectivity index (χ4v) is 4.43. The topological polar surface area (TPSA) is 101 Å². The van der Waals surface area contributed by atoms with Gasteiger partial charge in [0.15, 0.2) is 5.13 Å². The number of hydrogen-bond acceptors (Lipinski definition) is 6. The number of amides is 3. The lowest BCUT2D eigenvalue weighted by Gasteiger charge is -2.32. The van der Waals surface area contributed by atoms with Crippen LogP contribution < -0.4 is 10.6 Å². The van der Waals surface area contributed by atoms with Crippen molar-refractivity contribution in [3.8, 4) is 0 Å². The van der Waals surface area contributed by atoms with Crippen LogP contribution in [0.1, 0.15) is 50.1 Å². The van der Waals surface area contributed by atoms with E-state index in [1.165, 1.54) is 47.6 Å². The van der Waals surface area contributed by atoms with E-state index in [-0.39, 0.29) is 49.8 Å². The van der Waals surface area contributed by atoms with Crippen molar-refractivity contribution in [2.45, 2.75) is 50.6 Å². The van der Waals surface area contributed by atoms with Crippen molar-refractivity contribution >= 4 is 34.2 Å². The van der Waals surface area contributed by atoms with Gasteiger partial charge in [0, 0.05) is 44.1 Å². The Morgan fingerprint density at radius 1 is 1.21 bits per heavy atom. The maximum absolute atomic E-state index is 13.6. The third-order valence-corrected chi connectivity index (χ3v) is 6.24. The maximum Gasteiger partial charge on any atom is 0.247 e. The highest BCUT2D eigenvalue weighted by Crippen LogP contribution is 2.25. The Hall–Kier alpha value is -2.85. The second-order valence-electron chi connectivity index (χ2n) is 7.91. The molecule has 1 aromatic heterocycles. The number of benzene rings is 1. The predicted octanol–water partition coefficient (Wildman–Crippen LogP) is 3.28. The van der Waals surface area contributed by atoms with Gasteiger partial charge in [0.2, 0.25) is 17.7 Å². The van der Waals surface area contributed by atoms with Gasteiger partial charge in [0.1, 0.15) is 11.9 Å². The normalized spacial score (nSPS) is 14.6. The maximum atomic E-state index is 13.6. The van der Waals surface area contributed by atoms with Gasteiger partial charge in [-0.05, 0) is 30.5 Å². The molecule has 10 heteroatoms. The zero-order chi connectivity index (χ0) is 23.6. The number of carbonyl (C=O) groups excluding carboxylic acids is 3. The van der Waals surface area contributed by atoms with Crippen molar-refractivity contribution in [3.05, 3.63) is 47.2 Å². The number of thiazole rings is 1. The second kappa shape index (κ2) is 12.4. The molecule has 3 amide bonds. The summed E-state index contributed by atoms with van der Waals surface area (Å²) in [7, 11) is 1.51. The van der Waals surface area contributed by atoms with E-state index in [0.717, 1.165) is 25.7 Å². The first-order valence-corrected chi connectivity index (χ1v) is 11.9. The zero-order valence-corrected chi connectivity index (χ0v) is 19.4. The molecule has 1 fully saturated rings. The average Bonchev–Trinajstić information content (AvgIpc) is 3.50. The zero-order valence-electron chi connectivity index (χ0n) is 18.6. The van der Waals surface area contributed by atoms with E-state index >= 15 is 0 Å². The SMILES string of the molecule is COCCN(C(=O)CCC(=O)Nc1nccs1)[C@H](C(=O)NC1CCCC1)c1ccc(F)cc1. The standard InChI is InChI=1S/C23H29FN4O4S/c1-32-14-13-28(20(30)11-10-19(29)27-23-25-12-15-33-23)21(16-6-8-17(24)9-7-16)22(31)26-18-4-2-3-5-18/h6-9,12,15,18,21H,2-5,10-11,13-14H2,1H3,(H,26,31)(H,25,27,29)/t21-/m0/s1. The van der Waals surface area contributed by atoms with Crippen LogP contribution in [0.4, 0.5) is 9.52 Å². The minimum Gasteiger partial charge on any atom is -0.383 e. The number of rotatable bonds is 11. The van der Waals surface area contributed by atoms with Gasteiger partial charge in [-0.15, -0.1) is 11.3 Å². The molecule has 0 bridgehead atoms. The van der Waals surface area contributed by atoms with Crippen LogP contribution in [0.25, 0.3) is 0 Å². The van der Waals surface area contributed by atoms with Crippen molar-refractivity contribution in [3.63, 3.8) is 0 Å². The van der Waals surface area contributed by atoms with Gasteiger partial charge in [-0.2, -0.15) is 0 Å². The molecular formula is C23H29FN4O4S. The molecule has 3 rings (SSSR count). The van der Waals surface area contributed by atoms with Crippen LogP contribution in [0.5, 0.6) is 0 Å². The van der Waals surface area contributed by atoms with E-state index in [2.05, 4.69) is 15.6 Å². The summed E-state index contributed by atoms with van der Waals surface area (Å²) in [5.74, 6) is -1.44. The summed E-state index contributed by atoms with van der Waals surface area (Å²) in [6.07, 6.45) is 5.32. The number of ether oxygens (including phenoxy) is 1. The van der Waals surface area contributed by atoms with E-state index in [4.69, 9.17) is 4.74 Å². The van der Waals surface area contributed by atoms with Crippen molar-refractivity contribution < 1.29 is 23.5 Å². The molecule has 0 saturated heterocycles. The van der Waals surface area contributed by atoms with Gasteiger partial charge < -0.3 is 20.3 Å². The monoisotopic (exact) mass is 476 g/mol. The predicted molar refractivity (Wildman–Crippen MR) is 123 cm³/mol. The van der Waals surface area contributed by atoms with Gasteiger partial charge >= 0.3 is 0 Å².